The molecule has 1 aromatic rings. The average Bonchev–Trinajstić information content (AvgIpc) is 2.67. The minimum Gasteiger partial charge on any atom is -0.480 e. The lowest BCUT2D eigenvalue weighted by Crippen LogP contribution is -2.18. The molecular weight excluding hydrogens is 252 g/mol. The van der Waals surface area contributed by atoms with Gasteiger partial charge in [0, 0.05) is 4.90 Å². The third kappa shape index (κ3) is 2.03. The summed E-state index contributed by atoms with van der Waals surface area (Å²) in [5.74, 6) is 1.12. The van der Waals surface area contributed by atoms with Crippen molar-refractivity contribution in [2.45, 2.75) is 29.9 Å². The third-order valence-electron chi connectivity index (χ3n) is 3.29. The van der Waals surface area contributed by atoms with Crippen molar-refractivity contribution in [1.29, 1.82) is 0 Å². The largest absolute Gasteiger partial charge is 0.480 e. The Hall–Kier alpha value is -1.36. The minimum atomic E-state index is -0.739. The quantitative estimate of drug-likeness (QED) is 0.846. The van der Waals surface area contributed by atoms with Gasteiger partial charge < -0.3 is 14.6 Å². The Morgan fingerprint density at radius 3 is 2.83 bits per heavy atom. The molecule has 4 nitrogen and oxygen atoms in total. The normalized spacial score (nSPS) is 25.4. The maximum Gasteiger partial charge on any atom is 0.316 e. The van der Waals surface area contributed by atoms with Crippen molar-refractivity contribution in [2.75, 3.05) is 6.79 Å². The van der Waals surface area contributed by atoms with E-state index in [-0.39, 0.29) is 12.0 Å². The van der Waals surface area contributed by atoms with Crippen LogP contribution in [0.4, 0.5) is 0 Å². The third-order valence-corrected chi connectivity index (χ3v) is 4.60. The number of rotatable bonds is 1. The van der Waals surface area contributed by atoms with Crippen molar-refractivity contribution in [3.8, 4) is 11.5 Å². The van der Waals surface area contributed by atoms with Crippen LogP contribution in [-0.2, 0) is 11.2 Å². The molecule has 0 unspecified atom stereocenters. The Morgan fingerprint density at radius 2 is 2.11 bits per heavy atom. The van der Waals surface area contributed by atoms with Crippen molar-refractivity contribution in [2.24, 2.45) is 5.92 Å². The molecule has 2 aliphatic heterocycles. The predicted octanol–water partition coefficient (Wildman–Crippen LogP) is 2.54. The van der Waals surface area contributed by atoms with E-state index in [2.05, 4.69) is 6.92 Å². The van der Waals surface area contributed by atoms with E-state index in [1.54, 1.807) is 0 Å². The molecule has 96 valence electrons. The lowest BCUT2D eigenvalue weighted by Gasteiger charge is -2.11. The van der Waals surface area contributed by atoms with Crippen LogP contribution < -0.4 is 9.47 Å². The lowest BCUT2D eigenvalue weighted by molar-refractivity contribution is -0.136. The van der Waals surface area contributed by atoms with E-state index in [1.807, 2.05) is 12.1 Å². The standard InChI is InChI=1S/C13H14O4S/c1-7-2-8-4-9-10(17-6-16-9)5-11(8)18-12(3-7)13(14)15/h4-5,7,12H,2-3,6H2,1H3,(H,14,15)/t7-,12-/m0/s1. The molecule has 1 aromatic carbocycles. The zero-order valence-electron chi connectivity index (χ0n) is 10.0. The van der Waals surface area contributed by atoms with Crippen molar-refractivity contribution in [3.05, 3.63) is 17.7 Å². The van der Waals surface area contributed by atoms with Crippen molar-refractivity contribution in [1.82, 2.24) is 0 Å². The molecule has 0 amide bonds. The molecular formula is C13H14O4S. The topological polar surface area (TPSA) is 55.8 Å². The van der Waals surface area contributed by atoms with Gasteiger partial charge in [-0.3, -0.25) is 4.79 Å². The molecule has 1 N–H and O–H groups in total. The summed E-state index contributed by atoms with van der Waals surface area (Å²) >= 11 is 1.42. The summed E-state index contributed by atoms with van der Waals surface area (Å²) in [5.41, 5.74) is 1.17. The van der Waals surface area contributed by atoms with Crippen LogP contribution in [-0.4, -0.2) is 23.1 Å². The van der Waals surface area contributed by atoms with E-state index < -0.39 is 5.97 Å². The molecule has 2 aliphatic rings. The van der Waals surface area contributed by atoms with E-state index in [4.69, 9.17) is 9.47 Å². The maximum absolute atomic E-state index is 11.2. The summed E-state index contributed by atoms with van der Waals surface area (Å²) in [6.07, 6.45) is 1.59. The highest BCUT2D eigenvalue weighted by Crippen LogP contribution is 2.43. The fraction of sp³-hybridized carbons (Fsp3) is 0.462. The molecule has 18 heavy (non-hydrogen) atoms. The first-order valence-electron chi connectivity index (χ1n) is 5.95. The first kappa shape index (κ1) is 11.7. The van der Waals surface area contributed by atoms with Crippen LogP contribution in [0, 0.1) is 5.92 Å². The van der Waals surface area contributed by atoms with E-state index in [0.29, 0.717) is 12.3 Å². The lowest BCUT2D eigenvalue weighted by atomic mass is 9.96. The maximum atomic E-state index is 11.2. The monoisotopic (exact) mass is 266 g/mol. The first-order valence-corrected chi connectivity index (χ1v) is 6.83. The molecule has 0 saturated heterocycles. The van der Waals surface area contributed by atoms with Gasteiger partial charge in [-0.2, -0.15) is 0 Å². The molecule has 2 heterocycles. The highest BCUT2D eigenvalue weighted by Gasteiger charge is 2.29. The number of carboxylic acid groups (broad SMARTS) is 1. The van der Waals surface area contributed by atoms with Gasteiger partial charge in [0.15, 0.2) is 11.5 Å². The molecule has 3 rings (SSSR count). The smallest absolute Gasteiger partial charge is 0.316 e. The molecule has 2 atom stereocenters. The van der Waals surface area contributed by atoms with Gasteiger partial charge in [-0.1, -0.05) is 6.92 Å². The number of hydrogen-bond acceptors (Lipinski definition) is 4. The van der Waals surface area contributed by atoms with Crippen LogP contribution in [0.5, 0.6) is 11.5 Å². The van der Waals surface area contributed by atoms with Gasteiger partial charge in [-0.25, -0.2) is 0 Å². The molecule has 0 spiro atoms. The number of carbonyl (C=O) groups is 1. The van der Waals surface area contributed by atoms with Gasteiger partial charge in [0.05, 0.1) is 0 Å². The van der Waals surface area contributed by atoms with E-state index in [0.717, 1.165) is 22.8 Å². The molecule has 0 saturated carbocycles. The summed E-state index contributed by atoms with van der Waals surface area (Å²) < 4.78 is 10.7. The van der Waals surface area contributed by atoms with Crippen LogP contribution in [0.2, 0.25) is 0 Å². The van der Waals surface area contributed by atoms with Crippen LogP contribution >= 0.6 is 11.8 Å². The van der Waals surface area contributed by atoms with Crippen molar-refractivity contribution < 1.29 is 19.4 Å². The van der Waals surface area contributed by atoms with Crippen LogP contribution in [0.15, 0.2) is 17.0 Å². The Morgan fingerprint density at radius 1 is 1.39 bits per heavy atom. The number of hydrogen-bond donors (Lipinski definition) is 1. The van der Waals surface area contributed by atoms with E-state index in [1.165, 1.54) is 17.3 Å². The van der Waals surface area contributed by atoms with Crippen molar-refractivity contribution >= 4 is 17.7 Å². The van der Waals surface area contributed by atoms with Gasteiger partial charge in [0.2, 0.25) is 6.79 Å². The SMILES string of the molecule is C[C@H]1Cc2cc3c(cc2S[C@H](C(=O)O)C1)OCO3. The molecule has 0 aliphatic carbocycles. The van der Waals surface area contributed by atoms with Gasteiger partial charge in [-0.15, -0.1) is 11.8 Å². The number of benzene rings is 1. The van der Waals surface area contributed by atoms with Gasteiger partial charge >= 0.3 is 5.97 Å². The second kappa shape index (κ2) is 4.39. The number of aliphatic carboxylic acids is 1. The first-order chi connectivity index (χ1) is 8.63. The number of carboxylic acids is 1. The van der Waals surface area contributed by atoms with Gasteiger partial charge in [0.25, 0.3) is 0 Å². The summed E-state index contributed by atoms with van der Waals surface area (Å²) in [7, 11) is 0. The van der Waals surface area contributed by atoms with E-state index in [9.17, 15) is 9.90 Å². The fourth-order valence-electron chi connectivity index (χ4n) is 2.41. The van der Waals surface area contributed by atoms with Gasteiger partial charge in [0.1, 0.15) is 5.25 Å². The molecule has 5 heteroatoms. The highest BCUT2D eigenvalue weighted by molar-refractivity contribution is 8.00. The van der Waals surface area contributed by atoms with Gasteiger partial charge in [-0.05, 0) is 36.5 Å². The number of ether oxygens (including phenoxy) is 2. The second-order valence-electron chi connectivity index (χ2n) is 4.80. The van der Waals surface area contributed by atoms with E-state index >= 15 is 0 Å². The molecule has 0 aromatic heterocycles. The minimum absolute atomic E-state index is 0.251. The summed E-state index contributed by atoms with van der Waals surface area (Å²) in [4.78, 5) is 12.2. The average molecular weight is 266 g/mol. The van der Waals surface area contributed by atoms with Crippen LogP contribution in [0.1, 0.15) is 18.9 Å². The van der Waals surface area contributed by atoms with Crippen LogP contribution in [0.3, 0.4) is 0 Å². The molecule has 0 radical (unpaired) electrons. The van der Waals surface area contributed by atoms with Crippen LogP contribution in [0.25, 0.3) is 0 Å². The highest BCUT2D eigenvalue weighted by atomic mass is 32.2. The second-order valence-corrected chi connectivity index (χ2v) is 6.05. The predicted molar refractivity (Wildman–Crippen MR) is 67.3 cm³/mol. The summed E-state index contributed by atoms with van der Waals surface area (Å²) in [6, 6.07) is 3.90. The summed E-state index contributed by atoms with van der Waals surface area (Å²) in [6.45, 7) is 2.34. The fourth-order valence-corrected chi connectivity index (χ4v) is 3.71. The number of thioether (sulfide) groups is 1. The zero-order valence-corrected chi connectivity index (χ0v) is 10.8. The summed E-state index contributed by atoms with van der Waals surface area (Å²) in [5, 5.41) is 8.85. The van der Waals surface area contributed by atoms with Crippen molar-refractivity contribution in [3.63, 3.8) is 0 Å². The zero-order chi connectivity index (χ0) is 12.7. The molecule has 0 fully saturated rings. The number of fused-ring (bicyclic) bond motifs is 2. The Bertz CT molecular complexity index is 500. The molecule has 0 bridgehead atoms. The Kier molecular flexibility index (Phi) is 2.86. The Labute approximate surface area is 109 Å². The Balaban J connectivity index is 2.00.